The maximum Gasteiger partial charge on any atom is 0.257 e. The lowest BCUT2D eigenvalue weighted by atomic mass is 10.0. The fraction of sp³-hybridized carbons (Fsp3) is 0.333. The van der Waals surface area contributed by atoms with Gasteiger partial charge in [-0.25, -0.2) is 9.97 Å². The Balaban J connectivity index is 1.26. The molecule has 192 valence electrons. The number of anilines is 1. The van der Waals surface area contributed by atoms with Gasteiger partial charge in [-0.05, 0) is 56.2 Å². The fourth-order valence-electron chi connectivity index (χ4n) is 4.50. The number of nitrogens with zero attached hydrogens (tertiary/aromatic N) is 4. The Morgan fingerprint density at radius 2 is 1.95 bits per heavy atom. The van der Waals surface area contributed by atoms with Crippen LogP contribution in [0, 0.1) is 6.92 Å². The molecule has 0 aliphatic carbocycles. The zero-order valence-corrected chi connectivity index (χ0v) is 21.7. The lowest BCUT2D eigenvalue weighted by Gasteiger charge is -2.32. The first-order valence-electron chi connectivity index (χ1n) is 12.4. The van der Waals surface area contributed by atoms with Crippen molar-refractivity contribution < 1.29 is 9.53 Å². The van der Waals surface area contributed by atoms with Gasteiger partial charge in [0.15, 0.2) is 12.3 Å². The third-order valence-electron chi connectivity index (χ3n) is 6.52. The van der Waals surface area contributed by atoms with Crippen LogP contribution in [0.4, 0.5) is 5.69 Å². The van der Waals surface area contributed by atoms with Crippen molar-refractivity contribution in [2.75, 3.05) is 32.1 Å². The molecule has 1 saturated heterocycles. The molecule has 1 fully saturated rings. The molecule has 37 heavy (non-hydrogen) atoms. The van der Waals surface area contributed by atoms with Crippen LogP contribution in [-0.2, 0) is 11.3 Å². The highest BCUT2D eigenvalue weighted by Crippen LogP contribution is 2.32. The van der Waals surface area contributed by atoms with Gasteiger partial charge in [-0.1, -0.05) is 17.7 Å². The summed E-state index contributed by atoms with van der Waals surface area (Å²) in [5.74, 6) is 1.11. The molecule has 1 aromatic carbocycles. The van der Waals surface area contributed by atoms with Gasteiger partial charge in [0.2, 0.25) is 0 Å². The van der Waals surface area contributed by atoms with E-state index in [-0.39, 0.29) is 12.5 Å². The van der Waals surface area contributed by atoms with E-state index in [1.807, 2.05) is 37.3 Å². The first-order chi connectivity index (χ1) is 18.0. The van der Waals surface area contributed by atoms with Crippen LogP contribution >= 0.6 is 11.6 Å². The molecule has 0 atom stereocenters. The van der Waals surface area contributed by atoms with Crippen LogP contribution in [0.2, 0.25) is 5.02 Å². The highest BCUT2D eigenvalue weighted by molar-refractivity contribution is 6.34. The number of ether oxygens (including phenoxy) is 1. The van der Waals surface area contributed by atoms with Gasteiger partial charge in [-0.15, -0.1) is 0 Å². The van der Waals surface area contributed by atoms with E-state index < -0.39 is 0 Å². The number of pyridine rings is 2. The van der Waals surface area contributed by atoms with E-state index in [9.17, 15) is 4.79 Å². The molecule has 1 aliphatic heterocycles. The number of carbonyl (C=O) groups excluding carboxylic acids is 1. The molecule has 5 rings (SSSR count). The number of piperidine rings is 1. The van der Waals surface area contributed by atoms with E-state index in [0.29, 0.717) is 28.3 Å². The number of aryl methyl sites for hydroxylation is 1. The molecule has 0 bridgehead atoms. The Morgan fingerprint density at radius 3 is 2.68 bits per heavy atom. The van der Waals surface area contributed by atoms with E-state index in [2.05, 4.69) is 47.6 Å². The zero-order valence-electron chi connectivity index (χ0n) is 20.9. The summed E-state index contributed by atoms with van der Waals surface area (Å²) >= 11 is 6.58. The van der Waals surface area contributed by atoms with Gasteiger partial charge in [0, 0.05) is 44.0 Å². The predicted molar refractivity (Wildman–Crippen MR) is 145 cm³/mol. The molecule has 4 aromatic rings. The van der Waals surface area contributed by atoms with Crippen molar-refractivity contribution in [2.45, 2.75) is 32.4 Å². The summed E-state index contributed by atoms with van der Waals surface area (Å²) in [6.07, 6.45) is 3.65. The number of imidazole rings is 1. The minimum absolute atomic E-state index is 0.0281. The second kappa shape index (κ2) is 11.1. The van der Waals surface area contributed by atoms with E-state index in [1.54, 1.807) is 13.2 Å². The fourth-order valence-corrected chi connectivity index (χ4v) is 4.70. The third-order valence-corrected chi connectivity index (χ3v) is 6.80. The number of hydrogen-bond donors (Lipinski definition) is 3. The molecule has 0 unspecified atom stereocenters. The Morgan fingerprint density at radius 1 is 1.16 bits per heavy atom. The largest absolute Gasteiger partial charge is 0.484 e. The number of nitrogens with one attached hydrogen (secondary N) is 3. The maximum atomic E-state index is 11.4. The average Bonchev–Trinajstić information content (AvgIpc) is 3.35. The van der Waals surface area contributed by atoms with Crippen LogP contribution in [-0.4, -0.2) is 63.5 Å². The molecule has 4 heterocycles. The Kier molecular flexibility index (Phi) is 7.52. The summed E-state index contributed by atoms with van der Waals surface area (Å²) in [6.45, 7) is 4.84. The first kappa shape index (κ1) is 25.0. The predicted octanol–water partition coefficient (Wildman–Crippen LogP) is 4.18. The minimum Gasteiger partial charge on any atom is -0.484 e. The molecule has 10 heteroatoms. The Hall–Kier alpha value is -3.69. The first-order valence-corrected chi connectivity index (χ1v) is 12.8. The summed E-state index contributed by atoms with van der Waals surface area (Å²) in [4.78, 5) is 31.0. The highest BCUT2D eigenvalue weighted by Gasteiger charge is 2.22. The van der Waals surface area contributed by atoms with Gasteiger partial charge < -0.3 is 20.4 Å². The van der Waals surface area contributed by atoms with E-state index in [4.69, 9.17) is 16.3 Å². The SMILES string of the molecule is CNC(=O)COc1ccc(-c2nc3ncc(Cl)c(NC4CCN(Cc5cccc(C)n5)CC4)c3[nH]2)cc1. The van der Waals surface area contributed by atoms with Gasteiger partial charge in [0.25, 0.3) is 5.91 Å². The number of likely N-dealkylation sites (tertiary alicyclic amines) is 1. The summed E-state index contributed by atoms with van der Waals surface area (Å²) in [5, 5.41) is 6.74. The van der Waals surface area contributed by atoms with Gasteiger partial charge in [0.1, 0.15) is 17.1 Å². The van der Waals surface area contributed by atoms with Crippen molar-refractivity contribution in [3.63, 3.8) is 0 Å². The molecule has 3 N–H and O–H groups in total. The number of carbonyl (C=O) groups is 1. The number of aromatic nitrogens is 4. The second-order valence-corrected chi connectivity index (χ2v) is 9.62. The lowest BCUT2D eigenvalue weighted by molar-refractivity contribution is -0.122. The van der Waals surface area contributed by atoms with Gasteiger partial charge >= 0.3 is 0 Å². The number of rotatable bonds is 8. The quantitative estimate of drug-likeness (QED) is 0.320. The van der Waals surface area contributed by atoms with Crippen LogP contribution in [0.15, 0.2) is 48.7 Å². The molecule has 0 saturated carbocycles. The Bertz CT molecular complexity index is 1380. The molecule has 0 radical (unpaired) electrons. The lowest BCUT2D eigenvalue weighted by Crippen LogP contribution is -2.38. The number of likely N-dealkylation sites (N-methyl/N-ethyl adjacent to an activating group) is 1. The number of aromatic amines is 1. The van der Waals surface area contributed by atoms with Crippen LogP contribution in [0.3, 0.4) is 0 Å². The van der Waals surface area contributed by atoms with Gasteiger partial charge in [-0.3, -0.25) is 14.7 Å². The normalized spacial score (nSPS) is 14.6. The molecule has 0 spiro atoms. The highest BCUT2D eigenvalue weighted by atomic mass is 35.5. The number of halogens is 1. The van der Waals surface area contributed by atoms with Gasteiger partial charge in [0.05, 0.1) is 22.6 Å². The minimum atomic E-state index is -0.182. The van der Waals surface area contributed by atoms with Crippen LogP contribution in [0.1, 0.15) is 24.2 Å². The monoisotopic (exact) mass is 519 g/mol. The van der Waals surface area contributed by atoms with Crippen LogP contribution < -0.4 is 15.4 Å². The van der Waals surface area contributed by atoms with Gasteiger partial charge in [-0.2, -0.15) is 0 Å². The number of fused-ring (bicyclic) bond motifs is 1. The van der Waals surface area contributed by atoms with E-state index in [0.717, 1.165) is 60.6 Å². The standard InChI is InChI=1S/C27H30ClN7O2/c1-17-4-3-5-20(31-17)15-35-12-10-19(11-13-35)32-24-22(28)14-30-27-25(24)33-26(34-27)18-6-8-21(9-7-18)37-16-23(36)29-2/h3-9,14,19H,10-13,15-16H2,1-2H3,(H,29,36)(H2,30,32,33,34). The van der Waals surface area contributed by atoms with Crippen LogP contribution in [0.5, 0.6) is 5.75 Å². The van der Waals surface area contributed by atoms with Crippen molar-refractivity contribution in [3.05, 3.63) is 65.1 Å². The number of amides is 1. The molecular formula is C27H30ClN7O2. The Labute approximate surface area is 220 Å². The summed E-state index contributed by atoms with van der Waals surface area (Å²) in [6, 6.07) is 13.9. The van der Waals surface area contributed by atoms with Crippen molar-refractivity contribution in [1.29, 1.82) is 0 Å². The zero-order chi connectivity index (χ0) is 25.8. The van der Waals surface area contributed by atoms with E-state index >= 15 is 0 Å². The molecule has 3 aromatic heterocycles. The molecular weight excluding hydrogens is 490 g/mol. The smallest absolute Gasteiger partial charge is 0.257 e. The van der Waals surface area contributed by atoms with Crippen molar-refractivity contribution in [3.8, 4) is 17.1 Å². The second-order valence-electron chi connectivity index (χ2n) is 9.22. The van der Waals surface area contributed by atoms with Crippen molar-refractivity contribution in [1.82, 2.24) is 30.2 Å². The van der Waals surface area contributed by atoms with Crippen LogP contribution in [0.25, 0.3) is 22.6 Å². The summed E-state index contributed by atoms with van der Waals surface area (Å²) < 4.78 is 5.48. The molecule has 1 aliphatic rings. The summed E-state index contributed by atoms with van der Waals surface area (Å²) in [7, 11) is 1.58. The number of hydrogen-bond acceptors (Lipinski definition) is 7. The maximum absolute atomic E-state index is 11.4. The third kappa shape index (κ3) is 6.00. The topological polar surface area (TPSA) is 108 Å². The molecule has 1 amide bonds. The van der Waals surface area contributed by atoms with E-state index in [1.165, 1.54) is 0 Å². The number of benzene rings is 1. The number of H-pyrrole nitrogens is 1. The molecule has 9 nitrogen and oxygen atoms in total. The summed E-state index contributed by atoms with van der Waals surface area (Å²) in [5.41, 5.74) is 5.26. The van der Waals surface area contributed by atoms with Crippen molar-refractivity contribution >= 4 is 34.4 Å². The average molecular weight is 520 g/mol. The van der Waals surface area contributed by atoms with Crippen molar-refractivity contribution in [2.24, 2.45) is 0 Å².